The number of aromatic nitrogens is 2. The highest BCUT2D eigenvalue weighted by atomic mass is 16.3. The molecule has 6 rings (SSSR count). The first-order valence-electron chi connectivity index (χ1n) is 13.4. The van der Waals surface area contributed by atoms with Crippen LogP contribution in [0, 0.1) is 0 Å². The van der Waals surface area contributed by atoms with E-state index in [0.717, 1.165) is 39.1 Å². The quantitative estimate of drug-likeness (QED) is 0.180. The van der Waals surface area contributed by atoms with Gasteiger partial charge >= 0.3 is 0 Å². The van der Waals surface area contributed by atoms with Crippen LogP contribution >= 0.6 is 0 Å². The second-order valence-corrected chi connectivity index (χ2v) is 9.95. The number of rotatable bonds is 8. The van der Waals surface area contributed by atoms with Gasteiger partial charge in [0, 0.05) is 40.6 Å². The highest BCUT2D eigenvalue weighted by molar-refractivity contribution is 6.45. The fraction of sp³-hybridized carbons (Fsp3) is 0.118. The first-order valence-corrected chi connectivity index (χ1v) is 13.4. The molecule has 6 heteroatoms. The number of primary amides is 1. The van der Waals surface area contributed by atoms with Crippen LogP contribution in [0.3, 0.4) is 0 Å². The van der Waals surface area contributed by atoms with Crippen molar-refractivity contribution in [2.75, 3.05) is 0 Å². The fourth-order valence-electron chi connectivity index (χ4n) is 5.78. The number of hydrogen-bond donors (Lipinski definition) is 2. The third-order valence-electron chi connectivity index (χ3n) is 7.55. The van der Waals surface area contributed by atoms with E-state index >= 15 is 0 Å². The molecule has 0 aliphatic carbocycles. The maximum Gasteiger partial charge on any atom is 0.289 e. The van der Waals surface area contributed by atoms with Gasteiger partial charge in [-0.2, -0.15) is 0 Å². The van der Waals surface area contributed by atoms with Crippen LogP contribution in [0.1, 0.15) is 34.1 Å². The summed E-state index contributed by atoms with van der Waals surface area (Å²) in [6.07, 6.45) is 0.545. The summed E-state index contributed by atoms with van der Waals surface area (Å²) in [5, 5.41) is 12.2. The Labute approximate surface area is 231 Å². The van der Waals surface area contributed by atoms with E-state index in [0.29, 0.717) is 35.8 Å². The molecule has 6 aromatic rings. The smallest absolute Gasteiger partial charge is 0.289 e. The van der Waals surface area contributed by atoms with Gasteiger partial charge in [0.05, 0.1) is 16.8 Å². The highest BCUT2D eigenvalue weighted by Crippen LogP contribution is 2.40. The number of benzene rings is 4. The molecule has 4 aromatic carbocycles. The van der Waals surface area contributed by atoms with Crippen LogP contribution in [0.2, 0.25) is 0 Å². The van der Waals surface area contributed by atoms with Gasteiger partial charge in [0.15, 0.2) is 0 Å². The summed E-state index contributed by atoms with van der Waals surface area (Å²) in [6.45, 7) is 3.09. The Balaban J connectivity index is 1.68. The van der Waals surface area contributed by atoms with Crippen molar-refractivity contribution < 1.29 is 14.7 Å². The number of nitrogens with zero attached hydrogens (tertiary/aromatic N) is 2. The number of fused-ring (bicyclic) bond motifs is 2. The van der Waals surface area contributed by atoms with Crippen molar-refractivity contribution in [2.24, 2.45) is 5.73 Å². The number of aromatic hydroxyl groups is 1. The van der Waals surface area contributed by atoms with Gasteiger partial charge in [-0.3, -0.25) is 9.59 Å². The van der Waals surface area contributed by atoms with Crippen LogP contribution in [0.4, 0.5) is 0 Å². The van der Waals surface area contributed by atoms with Crippen molar-refractivity contribution in [3.63, 3.8) is 0 Å². The Bertz CT molecular complexity index is 1880. The summed E-state index contributed by atoms with van der Waals surface area (Å²) in [6, 6.07) is 33.5. The van der Waals surface area contributed by atoms with Crippen LogP contribution in [0.25, 0.3) is 33.1 Å². The monoisotopic (exact) mass is 527 g/mol. The zero-order valence-corrected chi connectivity index (χ0v) is 22.2. The molecular formula is C34H29N3O3. The van der Waals surface area contributed by atoms with E-state index in [-0.39, 0.29) is 5.75 Å². The van der Waals surface area contributed by atoms with Gasteiger partial charge < -0.3 is 20.0 Å². The number of phenolic OH excluding ortho intramolecular Hbond substituents is 1. The minimum absolute atomic E-state index is 0.182. The molecule has 198 valence electrons. The molecule has 0 fully saturated rings. The highest BCUT2D eigenvalue weighted by Gasteiger charge is 2.28. The Morgan fingerprint density at radius 2 is 1.35 bits per heavy atom. The van der Waals surface area contributed by atoms with E-state index < -0.39 is 11.7 Å². The standard InChI is InChI=1S/C34H29N3O3/c1-2-26-32(33(39)34(35)40)31-24(15-9-17-28(31)36(26)20-22-11-5-3-6-12-22)29-19-25-27(16-10-18-30(25)38)37(29)21-23-13-7-4-8-14-23/h3-19,38H,2,20-21H2,1H3,(H2,35,40). The molecule has 1 amide bonds. The van der Waals surface area contributed by atoms with Crippen molar-refractivity contribution >= 4 is 33.5 Å². The van der Waals surface area contributed by atoms with E-state index in [1.165, 1.54) is 0 Å². The summed E-state index contributed by atoms with van der Waals surface area (Å²) in [4.78, 5) is 25.8. The van der Waals surface area contributed by atoms with Crippen LogP contribution in [-0.2, 0) is 24.3 Å². The van der Waals surface area contributed by atoms with Crippen LogP contribution in [-0.4, -0.2) is 25.9 Å². The molecule has 0 aliphatic rings. The normalized spacial score (nSPS) is 11.3. The lowest BCUT2D eigenvalue weighted by molar-refractivity contribution is -0.114. The molecule has 3 N–H and O–H groups in total. The van der Waals surface area contributed by atoms with Crippen molar-refractivity contribution in [3.8, 4) is 17.0 Å². The minimum atomic E-state index is -0.981. The van der Waals surface area contributed by atoms with Crippen LogP contribution in [0.5, 0.6) is 5.75 Å². The number of nitrogens with two attached hydrogens (primary N) is 1. The van der Waals surface area contributed by atoms with E-state index in [2.05, 4.69) is 21.3 Å². The Morgan fingerprint density at radius 3 is 1.98 bits per heavy atom. The fourth-order valence-corrected chi connectivity index (χ4v) is 5.78. The Morgan fingerprint density at radius 1 is 0.750 bits per heavy atom. The molecule has 6 nitrogen and oxygen atoms in total. The van der Waals surface area contributed by atoms with Gasteiger partial charge in [-0.25, -0.2) is 0 Å². The molecule has 40 heavy (non-hydrogen) atoms. The molecule has 2 aromatic heterocycles. The van der Waals surface area contributed by atoms with Crippen LogP contribution < -0.4 is 5.73 Å². The molecule has 0 saturated heterocycles. The van der Waals surface area contributed by atoms with E-state index in [1.807, 2.05) is 91.9 Å². The van der Waals surface area contributed by atoms with Gasteiger partial charge in [-0.05, 0) is 41.8 Å². The first-order chi connectivity index (χ1) is 19.5. The minimum Gasteiger partial charge on any atom is -0.507 e. The number of ketones is 1. The van der Waals surface area contributed by atoms with Gasteiger partial charge in [-0.1, -0.05) is 85.8 Å². The van der Waals surface area contributed by atoms with Crippen molar-refractivity contribution in [1.29, 1.82) is 0 Å². The molecule has 0 aliphatic heterocycles. The predicted octanol–water partition coefficient (Wildman–Crippen LogP) is 6.30. The van der Waals surface area contributed by atoms with E-state index in [9.17, 15) is 14.7 Å². The number of phenols is 1. The first kappa shape index (κ1) is 25.2. The number of hydrogen-bond acceptors (Lipinski definition) is 3. The van der Waals surface area contributed by atoms with Crippen LogP contribution in [0.15, 0.2) is 103 Å². The maximum atomic E-state index is 13.5. The van der Waals surface area contributed by atoms with Crippen molar-refractivity contribution in [2.45, 2.75) is 26.4 Å². The summed E-state index contributed by atoms with van der Waals surface area (Å²) in [5.74, 6) is -1.50. The molecule has 0 radical (unpaired) electrons. The lowest BCUT2D eigenvalue weighted by Gasteiger charge is -2.13. The lowest BCUT2D eigenvalue weighted by atomic mass is 9.98. The van der Waals surface area contributed by atoms with Crippen molar-refractivity contribution in [3.05, 3.63) is 126 Å². The van der Waals surface area contributed by atoms with Gasteiger partial charge in [0.25, 0.3) is 11.7 Å². The third kappa shape index (κ3) is 4.24. The zero-order chi connectivity index (χ0) is 27.8. The lowest BCUT2D eigenvalue weighted by Crippen LogP contribution is -2.24. The average Bonchev–Trinajstić information content (AvgIpc) is 3.50. The molecule has 2 heterocycles. The molecular weight excluding hydrogens is 498 g/mol. The predicted molar refractivity (Wildman–Crippen MR) is 159 cm³/mol. The maximum absolute atomic E-state index is 13.5. The number of Topliss-reactive ketones (excluding diaryl/α,β-unsaturated/α-hetero) is 1. The Kier molecular flexibility index (Phi) is 6.44. The average molecular weight is 528 g/mol. The molecule has 0 bridgehead atoms. The SMILES string of the molecule is CCc1c(C(=O)C(N)=O)c2c(-c3cc4c(O)cccc4n3Cc3ccccc3)cccc2n1Cc1ccccc1. The second-order valence-electron chi connectivity index (χ2n) is 9.95. The molecule has 0 unspecified atom stereocenters. The number of amides is 1. The second kappa shape index (κ2) is 10.2. The summed E-state index contributed by atoms with van der Waals surface area (Å²) in [7, 11) is 0. The Hall–Kier alpha value is -5.10. The van der Waals surface area contributed by atoms with Gasteiger partial charge in [0.1, 0.15) is 5.75 Å². The molecule has 0 saturated carbocycles. The molecule has 0 spiro atoms. The zero-order valence-electron chi connectivity index (χ0n) is 22.2. The van der Waals surface area contributed by atoms with Gasteiger partial charge in [-0.15, -0.1) is 0 Å². The molecule has 0 atom stereocenters. The van der Waals surface area contributed by atoms with Crippen molar-refractivity contribution in [1.82, 2.24) is 9.13 Å². The topological polar surface area (TPSA) is 90.2 Å². The summed E-state index contributed by atoms with van der Waals surface area (Å²) >= 11 is 0. The number of carbonyl (C=O) groups is 2. The van der Waals surface area contributed by atoms with E-state index in [1.54, 1.807) is 6.07 Å². The van der Waals surface area contributed by atoms with E-state index in [4.69, 9.17) is 5.73 Å². The third-order valence-corrected chi connectivity index (χ3v) is 7.55. The summed E-state index contributed by atoms with van der Waals surface area (Å²) in [5.41, 5.74) is 12.3. The largest absolute Gasteiger partial charge is 0.507 e. The summed E-state index contributed by atoms with van der Waals surface area (Å²) < 4.78 is 4.27. The number of carbonyl (C=O) groups excluding carboxylic acids is 2. The van der Waals surface area contributed by atoms with Gasteiger partial charge in [0.2, 0.25) is 0 Å².